The first-order valence-corrected chi connectivity index (χ1v) is 8.64. The van der Waals surface area contributed by atoms with Crippen molar-refractivity contribution in [3.8, 4) is 0 Å². The Kier molecular flexibility index (Phi) is 5.37. The van der Waals surface area contributed by atoms with E-state index < -0.39 is 6.03 Å². The van der Waals surface area contributed by atoms with E-state index in [0.29, 0.717) is 27.3 Å². The van der Waals surface area contributed by atoms with Crippen molar-refractivity contribution in [1.82, 2.24) is 5.32 Å². The van der Waals surface area contributed by atoms with E-state index in [1.165, 1.54) is 0 Å². The zero-order valence-electron chi connectivity index (χ0n) is 12.9. The van der Waals surface area contributed by atoms with Gasteiger partial charge < -0.3 is 15.5 Å². The van der Waals surface area contributed by atoms with Crippen LogP contribution >= 0.6 is 34.8 Å². The van der Waals surface area contributed by atoms with Crippen molar-refractivity contribution in [3.63, 3.8) is 0 Å². The molecule has 5 nitrogen and oxygen atoms in total. The van der Waals surface area contributed by atoms with Gasteiger partial charge in [-0.25, -0.2) is 4.79 Å². The minimum Gasteiger partial charge on any atom is -0.333 e. The van der Waals surface area contributed by atoms with E-state index in [9.17, 15) is 9.59 Å². The van der Waals surface area contributed by atoms with E-state index in [-0.39, 0.29) is 18.4 Å². The van der Waals surface area contributed by atoms with Crippen molar-refractivity contribution >= 4 is 58.1 Å². The Morgan fingerprint density at radius 2 is 1.72 bits per heavy atom. The highest BCUT2D eigenvalue weighted by Gasteiger charge is 2.31. The van der Waals surface area contributed by atoms with Gasteiger partial charge in [0.15, 0.2) is 0 Å². The smallest absolute Gasteiger partial charge is 0.319 e. The molecule has 2 N–H and O–H groups in total. The third kappa shape index (κ3) is 4.37. The van der Waals surface area contributed by atoms with Crippen LogP contribution in [0.1, 0.15) is 6.42 Å². The molecule has 0 bridgehead atoms. The Balaban J connectivity index is 1.61. The molecule has 1 heterocycles. The second-order valence-electron chi connectivity index (χ2n) is 5.60. The number of urea groups is 1. The number of hydrogen-bond donors (Lipinski definition) is 2. The molecule has 1 fully saturated rings. The van der Waals surface area contributed by atoms with Gasteiger partial charge in [0.05, 0.1) is 16.8 Å². The minimum atomic E-state index is -0.431. The Labute approximate surface area is 159 Å². The summed E-state index contributed by atoms with van der Waals surface area (Å²) in [6.45, 7) is 0.391. The largest absolute Gasteiger partial charge is 0.333 e. The van der Waals surface area contributed by atoms with Crippen LogP contribution in [-0.4, -0.2) is 24.5 Å². The van der Waals surface area contributed by atoms with Gasteiger partial charge in [-0.15, -0.1) is 0 Å². The molecule has 0 spiro atoms. The van der Waals surface area contributed by atoms with E-state index in [0.717, 1.165) is 5.69 Å². The lowest BCUT2D eigenvalue weighted by Crippen LogP contribution is -2.39. The van der Waals surface area contributed by atoms with Gasteiger partial charge in [0, 0.05) is 28.7 Å². The molecule has 0 saturated carbocycles. The Hall–Kier alpha value is -1.95. The fraction of sp³-hybridized carbons (Fsp3) is 0.176. The van der Waals surface area contributed by atoms with Gasteiger partial charge in [-0.05, 0) is 42.5 Å². The molecule has 130 valence electrons. The van der Waals surface area contributed by atoms with Crippen LogP contribution < -0.4 is 15.5 Å². The van der Waals surface area contributed by atoms with Crippen LogP contribution in [0.3, 0.4) is 0 Å². The molecule has 0 unspecified atom stereocenters. The Morgan fingerprint density at radius 3 is 2.40 bits per heavy atom. The predicted octanol–water partition coefficient (Wildman–Crippen LogP) is 4.57. The summed E-state index contributed by atoms with van der Waals surface area (Å²) in [7, 11) is 0. The lowest BCUT2D eigenvalue weighted by Gasteiger charge is -2.17. The van der Waals surface area contributed by atoms with E-state index in [4.69, 9.17) is 34.8 Å². The van der Waals surface area contributed by atoms with E-state index in [1.807, 2.05) is 0 Å². The normalized spacial score (nSPS) is 16.8. The number of nitrogens with one attached hydrogen (secondary N) is 2. The van der Waals surface area contributed by atoms with Crippen LogP contribution in [0.25, 0.3) is 0 Å². The second-order valence-corrected chi connectivity index (χ2v) is 6.88. The number of carbonyl (C=O) groups excluding carboxylic acids is 2. The molecule has 1 atom stereocenters. The Bertz CT molecular complexity index is 811. The Morgan fingerprint density at radius 1 is 1.04 bits per heavy atom. The fourth-order valence-electron chi connectivity index (χ4n) is 2.61. The summed E-state index contributed by atoms with van der Waals surface area (Å²) in [5.74, 6) is -0.0582. The van der Waals surface area contributed by atoms with Crippen LogP contribution in [0.2, 0.25) is 15.1 Å². The number of benzene rings is 2. The highest BCUT2D eigenvalue weighted by atomic mass is 35.5. The molecular formula is C17H14Cl3N3O2. The van der Waals surface area contributed by atoms with Crippen molar-refractivity contribution in [2.24, 2.45) is 0 Å². The number of anilines is 2. The zero-order valence-corrected chi connectivity index (χ0v) is 15.2. The molecule has 0 aliphatic carbocycles. The maximum atomic E-state index is 12.2. The molecule has 25 heavy (non-hydrogen) atoms. The van der Waals surface area contributed by atoms with Gasteiger partial charge in [0.25, 0.3) is 0 Å². The molecule has 1 aliphatic rings. The van der Waals surface area contributed by atoms with Crippen LogP contribution in [0.5, 0.6) is 0 Å². The molecule has 3 rings (SSSR count). The molecule has 0 aromatic heterocycles. The first kappa shape index (κ1) is 17.9. The third-order valence-corrected chi connectivity index (χ3v) is 4.58. The predicted molar refractivity (Wildman–Crippen MR) is 101 cm³/mol. The number of amides is 3. The molecular weight excluding hydrogens is 385 g/mol. The molecule has 1 aliphatic heterocycles. The monoisotopic (exact) mass is 397 g/mol. The highest BCUT2D eigenvalue weighted by Crippen LogP contribution is 2.26. The summed E-state index contributed by atoms with van der Waals surface area (Å²) in [4.78, 5) is 25.9. The van der Waals surface area contributed by atoms with Crippen LogP contribution in [0.15, 0.2) is 42.5 Å². The molecule has 1 saturated heterocycles. The topological polar surface area (TPSA) is 61.4 Å². The minimum absolute atomic E-state index is 0.0582. The fourth-order valence-corrected chi connectivity index (χ4v) is 3.19. The summed E-state index contributed by atoms with van der Waals surface area (Å²) in [6.07, 6.45) is 0.227. The highest BCUT2D eigenvalue weighted by molar-refractivity contribution is 6.36. The van der Waals surface area contributed by atoms with Crippen molar-refractivity contribution in [2.45, 2.75) is 12.5 Å². The molecule has 2 aromatic carbocycles. The first-order valence-electron chi connectivity index (χ1n) is 7.51. The van der Waals surface area contributed by atoms with E-state index in [2.05, 4.69) is 10.6 Å². The standard InChI is InChI=1S/C17H14Cl3N3O2/c18-10-1-4-13(5-2-10)23-9-12(8-16(23)24)21-17(25)22-15-6-3-11(19)7-14(15)20/h1-7,12H,8-9H2,(H2,21,22,25)/t12-/m1/s1. The molecule has 0 radical (unpaired) electrons. The van der Waals surface area contributed by atoms with Crippen molar-refractivity contribution in [1.29, 1.82) is 0 Å². The maximum Gasteiger partial charge on any atom is 0.319 e. The van der Waals surface area contributed by atoms with Gasteiger partial charge >= 0.3 is 6.03 Å². The summed E-state index contributed by atoms with van der Waals surface area (Å²) < 4.78 is 0. The average Bonchev–Trinajstić information content (AvgIpc) is 2.91. The van der Waals surface area contributed by atoms with E-state index >= 15 is 0 Å². The van der Waals surface area contributed by atoms with Gasteiger partial charge in [-0.1, -0.05) is 34.8 Å². The number of halogens is 3. The maximum absolute atomic E-state index is 12.2. The van der Waals surface area contributed by atoms with Crippen molar-refractivity contribution in [3.05, 3.63) is 57.5 Å². The zero-order chi connectivity index (χ0) is 18.0. The quantitative estimate of drug-likeness (QED) is 0.795. The summed E-state index contributed by atoms with van der Waals surface area (Å²) >= 11 is 17.7. The number of nitrogens with zero attached hydrogens (tertiary/aromatic N) is 1. The average molecular weight is 399 g/mol. The van der Waals surface area contributed by atoms with Gasteiger partial charge in [0.2, 0.25) is 5.91 Å². The van der Waals surface area contributed by atoms with Gasteiger partial charge in [-0.2, -0.15) is 0 Å². The van der Waals surface area contributed by atoms with Crippen LogP contribution in [0, 0.1) is 0 Å². The lowest BCUT2D eigenvalue weighted by molar-refractivity contribution is -0.117. The first-order chi connectivity index (χ1) is 11.9. The number of rotatable bonds is 3. The SMILES string of the molecule is O=C(Nc1ccc(Cl)cc1Cl)N[C@@H]1CC(=O)N(c2ccc(Cl)cc2)C1. The summed E-state index contributed by atoms with van der Waals surface area (Å²) in [6, 6.07) is 11.1. The van der Waals surface area contributed by atoms with Gasteiger partial charge in [0.1, 0.15) is 0 Å². The van der Waals surface area contributed by atoms with Crippen LogP contribution in [0.4, 0.5) is 16.2 Å². The van der Waals surface area contributed by atoms with Crippen molar-refractivity contribution < 1.29 is 9.59 Å². The van der Waals surface area contributed by atoms with Crippen LogP contribution in [-0.2, 0) is 4.79 Å². The summed E-state index contributed by atoms with van der Waals surface area (Å²) in [5, 5.41) is 6.86. The van der Waals surface area contributed by atoms with Gasteiger partial charge in [-0.3, -0.25) is 4.79 Å². The lowest BCUT2D eigenvalue weighted by atomic mass is 10.2. The molecule has 8 heteroatoms. The van der Waals surface area contributed by atoms with Crippen molar-refractivity contribution in [2.75, 3.05) is 16.8 Å². The molecule has 3 amide bonds. The number of carbonyl (C=O) groups is 2. The summed E-state index contributed by atoms with van der Waals surface area (Å²) in [5.41, 5.74) is 1.20. The van der Waals surface area contributed by atoms with E-state index in [1.54, 1.807) is 47.4 Å². The number of hydrogen-bond acceptors (Lipinski definition) is 2. The molecule has 2 aromatic rings. The second kappa shape index (κ2) is 7.52. The third-order valence-electron chi connectivity index (χ3n) is 3.78.